The van der Waals surface area contributed by atoms with Gasteiger partial charge >= 0.3 is 0 Å². The molecule has 4 rings (SSSR count). The van der Waals surface area contributed by atoms with Gasteiger partial charge in [-0.05, 0) is 25.0 Å². The molecule has 174 valence electrons. The minimum absolute atomic E-state index is 0.0130. The Labute approximate surface area is 189 Å². The van der Waals surface area contributed by atoms with Crippen molar-refractivity contribution in [2.24, 2.45) is 0 Å². The minimum atomic E-state index is -0.607. The Morgan fingerprint density at radius 3 is 2.91 bits per heavy atom. The fraction of sp³-hybridized carbons (Fsp3) is 0.476. The van der Waals surface area contributed by atoms with Crippen LogP contribution in [-0.2, 0) is 9.53 Å². The van der Waals surface area contributed by atoms with Crippen LogP contribution in [0, 0.1) is 17.1 Å². The summed E-state index contributed by atoms with van der Waals surface area (Å²) in [7, 11) is 0. The van der Waals surface area contributed by atoms with Crippen molar-refractivity contribution in [3.05, 3.63) is 34.5 Å². The molecular weight excluding hydrogens is 431 g/mol. The lowest BCUT2D eigenvalue weighted by atomic mass is 10.1. The number of likely N-dealkylation sites (tertiary alicyclic amines) is 1. The van der Waals surface area contributed by atoms with Gasteiger partial charge < -0.3 is 30.2 Å². The van der Waals surface area contributed by atoms with Crippen LogP contribution >= 0.6 is 0 Å². The zero-order valence-corrected chi connectivity index (χ0v) is 18.0. The summed E-state index contributed by atoms with van der Waals surface area (Å²) in [6.45, 7) is 2.75. The van der Waals surface area contributed by atoms with Crippen LogP contribution in [0.25, 0.3) is 0 Å². The molecule has 3 N–H and O–H groups in total. The van der Waals surface area contributed by atoms with E-state index in [2.05, 4.69) is 25.6 Å². The number of amides is 1. The molecule has 2 fully saturated rings. The van der Waals surface area contributed by atoms with E-state index in [0.717, 1.165) is 6.42 Å². The largest absolute Gasteiger partial charge is 0.378 e. The van der Waals surface area contributed by atoms with Crippen molar-refractivity contribution < 1.29 is 13.9 Å². The summed E-state index contributed by atoms with van der Waals surface area (Å²) >= 11 is 0. The molecule has 2 saturated heterocycles. The molecule has 0 bridgehead atoms. The lowest BCUT2D eigenvalue weighted by Crippen LogP contribution is -2.45. The van der Waals surface area contributed by atoms with Crippen molar-refractivity contribution in [2.75, 3.05) is 54.9 Å². The maximum Gasteiger partial charge on any atom is 0.271 e. The number of carbonyl (C=O) groups is 1. The lowest BCUT2D eigenvalue weighted by Gasteiger charge is -2.33. The molecule has 2 aromatic rings. The molecule has 2 aromatic heterocycles. The van der Waals surface area contributed by atoms with E-state index in [4.69, 9.17) is 10.00 Å². The number of nitrogens with one attached hydrogen (secondary N) is 3. The summed E-state index contributed by atoms with van der Waals surface area (Å²) in [5.41, 5.74) is -0.124. The molecule has 0 unspecified atom stereocenters. The number of nitrogens with zero attached hydrogens (tertiary/aromatic N) is 5. The average Bonchev–Trinajstić information content (AvgIpc) is 2.83. The molecule has 2 aliphatic heterocycles. The fourth-order valence-corrected chi connectivity index (χ4v) is 3.91. The van der Waals surface area contributed by atoms with E-state index in [-0.39, 0.29) is 47.2 Å². The van der Waals surface area contributed by atoms with E-state index in [1.165, 1.54) is 6.20 Å². The van der Waals surface area contributed by atoms with E-state index in [1.54, 1.807) is 21.9 Å². The van der Waals surface area contributed by atoms with Crippen molar-refractivity contribution in [1.82, 2.24) is 19.9 Å². The standard InChI is InChI=1S/C21H25FN8O3/c22-17-18(25-14-3-2-8-30(13-14)16(31)5-6-23)27-21(26-15-4-1-7-24-20(15)32)28-19(17)29-9-11-33-12-10-29/h1,4,7,14H,2-3,5,8-13H2,(H,24,32)(H2,25,26,27,28)/t14-/m1/s1. The van der Waals surface area contributed by atoms with E-state index in [1.807, 2.05) is 6.07 Å². The summed E-state index contributed by atoms with van der Waals surface area (Å²) in [4.78, 5) is 38.8. The highest BCUT2D eigenvalue weighted by molar-refractivity contribution is 5.78. The van der Waals surface area contributed by atoms with Gasteiger partial charge in [0.2, 0.25) is 17.7 Å². The van der Waals surface area contributed by atoms with Crippen molar-refractivity contribution in [1.29, 1.82) is 5.26 Å². The molecule has 12 heteroatoms. The van der Waals surface area contributed by atoms with E-state index >= 15 is 4.39 Å². The van der Waals surface area contributed by atoms with Gasteiger partial charge in [-0.2, -0.15) is 19.6 Å². The summed E-state index contributed by atoms with van der Waals surface area (Å²) in [6.07, 6.45) is 2.76. The zero-order valence-electron chi connectivity index (χ0n) is 18.0. The van der Waals surface area contributed by atoms with Crippen molar-refractivity contribution in [3.8, 4) is 6.07 Å². The number of piperidine rings is 1. The maximum absolute atomic E-state index is 15.5. The predicted octanol–water partition coefficient (Wildman–Crippen LogP) is 1.20. The Morgan fingerprint density at radius 2 is 2.15 bits per heavy atom. The van der Waals surface area contributed by atoms with Crippen LogP contribution in [0.2, 0.25) is 0 Å². The number of carbonyl (C=O) groups excluding carboxylic acids is 1. The molecule has 0 aliphatic carbocycles. The first-order chi connectivity index (χ1) is 16.0. The van der Waals surface area contributed by atoms with E-state index in [9.17, 15) is 9.59 Å². The molecule has 1 amide bonds. The third-order valence-corrected chi connectivity index (χ3v) is 5.55. The van der Waals surface area contributed by atoms with Crippen molar-refractivity contribution in [3.63, 3.8) is 0 Å². The molecule has 11 nitrogen and oxygen atoms in total. The topological polar surface area (TPSA) is 139 Å². The number of ether oxygens (including phenoxy) is 1. The van der Waals surface area contributed by atoms with Crippen LogP contribution in [0.4, 0.5) is 27.7 Å². The van der Waals surface area contributed by atoms with Crippen LogP contribution in [-0.4, -0.2) is 71.2 Å². The van der Waals surface area contributed by atoms with Crippen LogP contribution < -0.4 is 21.1 Å². The SMILES string of the molecule is N#CCC(=O)N1CCC[C@@H](Nc2nc(Nc3ccc[nH]c3=O)nc(N3CCOCC3)c2F)C1. The number of rotatable bonds is 6. The molecule has 0 spiro atoms. The smallest absolute Gasteiger partial charge is 0.271 e. The first kappa shape index (κ1) is 22.5. The molecule has 2 aliphatic rings. The predicted molar refractivity (Wildman–Crippen MR) is 119 cm³/mol. The molecule has 0 radical (unpaired) electrons. The number of halogens is 1. The molecular formula is C21H25FN8O3. The highest BCUT2D eigenvalue weighted by Crippen LogP contribution is 2.27. The summed E-state index contributed by atoms with van der Waals surface area (Å²) < 4.78 is 20.9. The lowest BCUT2D eigenvalue weighted by molar-refractivity contribution is -0.131. The number of H-pyrrole nitrogens is 1. The second-order valence-corrected chi connectivity index (χ2v) is 7.83. The van der Waals surface area contributed by atoms with Crippen molar-refractivity contribution in [2.45, 2.75) is 25.3 Å². The van der Waals surface area contributed by atoms with Gasteiger partial charge in [0, 0.05) is 38.4 Å². The monoisotopic (exact) mass is 456 g/mol. The fourth-order valence-electron chi connectivity index (χ4n) is 3.91. The number of nitriles is 1. The van der Waals surface area contributed by atoms with Gasteiger partial charge in [0.1, 0.15) is 12.1 Å². The zero-order chi connectivity index (χ0) is 23.2. The number of anilines is 4. The first-order valence-electron chi connectivity index (χ1n) is 10.8. The van der Waals surface area contributed by atoms with Crippen LogP contribution in [0.15, 0.2) is 23.1 Å². The van der Waals surface area contributed by atoms with Crippen molar-refractivity contribution >= 4 is 29.2 Å². The van der Waals surface area contributed by atoms with Crippen LogP contribution in [0.3, 0.4) is 0 Å². The van der Waals surface area contributed by atoms with E-state index < -0.39 is 5.82 Å². The van der Waals surface area contributed by atoms with Crippen LogP contribution in [0.5, 0.6) is 0 Å². The van der Waals surface area contributed by atoms with Gasteiger partial charge in [-0.25, -0.2) is 0 Å². The Hall–Kier alpha value is -3.72. The third-order valence-electron chi connectivity index (χ3n) is 5.55. The Balaban J connectivity index is 1.61. The minimum Gasteiger partial charge on any atom is -0.378 e. The van der Waals surface area contributed by atoms with Gasteiger partial charge in [-0.3, -0.25) is 9.59 Å². The van der Waals surface area contributed by atoms with Crippen LogP contribution in [0.1, 0.15) is 19.3 Å². The molecule has 0 aromatic carbocycles. The third kappa shape index (κ3) is 5.38. The number of aromatic nitrogens is 3. The molecule has 33 heavy (non-hydrogen) atoms. The van der Waals surface area contributed by atoms with Gasteiger partial charge in [-0.15, -0.1) is 0 Å². The molecule has 0 saturated carbocycles. The van der Waals surface area contributed by atoms with Gasteiger partial charge in [0.15, 0.2) is 11.6 Å². The summed E-state index contributed by atoms with van der Waals surface area (Å²) in [6, 6.07) is 4.87. The van der Waals surface area contributed by atoms with Gasteiger partial charge in [0.05, 0.1) is 19.3 Å². The Bertz CT molecular complexity index is 1100. The number of hydrogen-bond donors (Lipinski definition) is 3. The second kappa shape index (κ2) is 10.3. The first-order valence-corrected chi connectivity index (χ1v) is 10.8. The highest BCUT2D eigenvalue weighted by Gasteiger charge is 2.27. The normalized spacial score (nSPS) is 18.5. The number of aromatic amines is 1. The highest BCUT2D eigenvalue weighted by atomic mass is 19.1. The summed E-state index contributed by atoms with van der Waals surface area (Å²) in [5.74, 6) is -0.679. The quantitative estimate of drug-likeness (QED) is 0.585. The maximum atomic E-state index is 15.5. The van der Waals surface area contributed by atoms with Gasteiger partial charge in [-0.1, -0.05) is 0 Å². The van der Waals surface area contributed by atoms with E-state index in [0.29, 0.717) is 45.8 Å². The van der Waals surface area contributed by atoms with Gasteiger partial charge in [0.25, 0.3) is 5.56 Å². The Kier molecular flexibility index (Phi) is 6.99. The Morgan fingerprint density at radius 1 is 1.33 bits per heavy atom. The number of pyridine rings is 1. The second-order valence-electron chi connectivity index (χ2n) is 7.83. The summed E-state index contributed by atoms with van der Waals surface area (Å²) in [5, 5.41) is 14.8. The number of hydrogen-bond acceptors (Lipinski definition) is 9. The molecule has 1 atom stereocenters. The number of morpholine rings is 1. The molecule has 4 heterocycles. The average molecular weight is 456 g/mol.